The smallest absolute Gasteiger partial charge is 0.243 e. The molecule has 1 amide bonds. The highest BCUT2D eigenvalue weighted by Gasteiger charge is 2.33. The second kappa shape index (κ2) is 9.15. The summed E-state index contributed by atoms with van der Waals surface area (Å²) in [5, 5.41) is 2.92. The molecule has 1 fully saturated rings. The lowest BCUT2D eigenvalue weighted by molar-refractivity contribution is -0.120. The van der Waals surface area contributed by atoms with Crippen molar-refractivity contribution in [3.63, 3.8) is 0 Å². The van der Waals surface area contributed by atoms with Crippen LogP contribution in [-0.2, 0) is 20.2 Å². The molecule has 0 bridgehead atoms. The van der Waals surface area contributed by atoms with Gasteiger partial charge in [0, 0.05) is 19.0 Å². The molecule has 2 aromatic carbocycles. The Balaban J connectivity index is 1.69. The van der Waals surface area contributed by atoms with Crippen LogP contribution in [0.2, 0.25) is 0 Å². The number of amides is 1. The number of nitrogens with one attached hydrogen (secondary N) is 1. The molecule has 174 valence electrons. The van der Waals surface area contributed by atoms with Crippen LogP contribution in [0.25, 0.3) is 0 Å². The molecule has 1 saturated heterocycles. The first-order valence-corrected chi connectivity index (χ1v) is 11.8. The second-order valence-corrected chi connectivity index (χ2v) is 10.8. The summed E-state index contributed by atoms with van der Waals surface area (Å²) >= 11 is 0. The molecule has 0 aliphatic carbocycles. The van der Waals surface area contributed by atoms with Crippen molar-refractivity contribution in [1.29, 1.82) is 0 Å². The molecule has 0 aromatic heterocycles. The van der Waals surface area contributed by atoms with Gasteiger partial charge in [0.1, 0.15) is 5.75 Å². The normalized spacial score (nSPS) is 16.1. The minimum Gasteiger partial charge on any atom is -0.495 e. The van der Waals surface area contributed by atoms with E-state index < -0.39 is 21.7 Å². The average Bonchev–Trinajstić information content (AvgIpc) is 2.75. The number of rotatable bonds is 5. The van der Waals surface area contributed by atoms with E-state index in [1.165, 1.54) is 11.4 Å². The van der Waals surface area contributed by atoms with Crippen molar-refractivity contribution in [2.24, 2.45) is 5.92 Å². The van der Waals surface area contributed by atoms with E-state index in [-0.39, 0.29) is 35.2 Å². The molecule has 0 unspecified atom stereocenters. The van der Waals surface area contributed by atoms with Crippen LogP contribution in [0, 0.1) is 17.6 Å². The lowest BCUT2D eigenvalue weighted by Gasteiger charge is -2.30. The summed E-state index contributed by atoms with van der Waals surface area (Å²) < 4.78 is 58.7. The van der Waals surface area contributed by atoms with E-state index in [1.807, 2.05) is 18.2 Å². The number of nitrogens with zero attached hydrogens (tertiary/aromatic N) is 1. The standard InChI is InChI=1S/C23H28F2N2O4S/c1-23(2,3)16-5-8-21(31-4)20(13-16)26-22(28)15-9-11-27(12-10-15)32(29,30)17-6-7-18(24)19(25)14-17/h5-8,13-15H,9-12H2,1-4H3,(H,26,28). The van der Waals surface area contributed by atoms with Gasteiger partial charge in [0.05, 0.1) is 17.7 Å². The third-order valence-electron chi connectivity index (χ3n) is 5.68. The maximum Gasteiger partial charge on any atom is 0.243 e. The van der Waals surface area contributed by atoms with Gasteiger partial charge in [-0.25, -0.2) is 17.2 Å². The Hall–Kier alpha value is -2.52. The highest BCUT2D eigenvalue weighted by Crippen LogP contribution is 2.33. The Morgan fingerprint density at radius 1 is 1.06 bits per heavy atom. The first-order chi connectivity index (χ1) is 14.9. The lowest BCUT2D eigenvalue weighted by atomic mass is 9.86. The predicted molar refractivity (Wildman–Crippen MR) is 118 cm³/mol. The number of ether oxygens (including phenoxy) is 1. The van der Waals surface area contributed by atoms with Gasteiger partial charge >= 0.3 is 0 Å². The summed E-state index contributed by atoms with van der Waals surface area (Å²) in [5.74, 6) is -2.37. The molecule has 0 atom stereocenters. The van der Waals surface area contributed by atoms with E-state index in [0.29, 0.717) is 30.3 Å². The maximum atomic E-state index is 13.5. The number of carbonyl (C=O) groups excluding carboxylic acids is 1. The number of anilines is 1. The van der Waals surface area contributed by atoms with E-state index >= 15 is 0 Å². The van der Waals surface area contributed by atoms with Gasteiger partial charge in [-0.3, -0.25) is 4.79 Å². The molecule has 0 saturated carbocycles. The molecular formula is C23H28F2N2O4S. The van der Waals surface area contributed by atoms with Crippen molar-refractivity contribution in [1.82, 2.24) is 4.31 Å². The van der Waals surface area contributed by atoms with Gasteiger partial charge in [-0.05, 0) is 54.2 Å². The Morgan fingerprint density at radius 2 is 1.72 bits per heavy atom. The fourth-order valence-electron chi connectivity index (χ4n) is 3.65. The molecule has 9 heteroatoms. The van der Waals surface area contributed by atoms with Crippen LogP contribution in [0.15, 0.2) is 41.3 Å². The van der Waals surface area contributed by atoms with E-state index in [2.05, 4.69) is 26.1 Å². The number of sulfonamides is 1. The van der Waals surface area contributed by atoms with E-state index in [9.17, 15) is 22.0 Å². The van der Waals surface area contributed by atoms with Crippen molar-refractivity contribution in [2.45, 2.75) is 43.9 Å². The number of halogens is 2. The van der Waals surface area contributed by atoms with Crippen LogP contribution >= 0.6 is 0 Å². The monoisotopic (exact) mass is 466 g/mol. The summed E-state index contributed by atoms with van der Waals surface area (Å²) in [6.45, 7) is 6.44. The zero-order valence-corrected chi connectivity index (χ0v) is 19.4. The quantitative estimate of drug-likeness (QED) is 0.713. The molecule has 0 radical (unpaired) electrons. The Morgan fingerprint density at radius 3 is 2.28 bits per heavy atom. The molecular weight excluding hydrogens is 438 g/mol. The Labute approximate surface area is 187 Å². The van der Waals surface area contributed by atoms with Crippen LogP contribution in [-0.4, -0.2) is 38.8 Å². The molecule has 32 heavy (non-hydrogen) atoms. The maximum absolute atomic E-state index is 13.5. The largest absolute Gasteiger partial charge is 0.495 e. The molecule has 1 heterocycles. The van der Waals surface area contributed by atoms with Crippen molar-refractivity contribution in [3.05, 3.63) is 53.6 Å². The summed E-state index contributed by atoms with van der Waals surface area (Å²) in [7, 11) is -2.44. The van der Waals surface area contributed by atoms with Gasteiger partial charge in [-0.15, -0.1) is 0 Å². The van der Waals surface area contributed by atoms with Crippen molar-refractivity contribution in [3.8, 4) is 5.75 Å². The van der Waals surface area contributed by atoms with Crippen LogP contribution < -0.4 is 10.1 Å². The third kappa shape index (κ3) is 5.10. The van der Waals surface area contributed by atoms with E-state index in [4.69, 9.17) is 4.74 Å². The number of hydrogen-bond acceptors (Lipinski definition) is 4. The Bertz CT molecular complexity index is 1110. The van der Waals surface area contributed by atoms with E-state index in [0.717, 1.165) is 17.7 Å². The fourth-order valence-corrected chi connectivity index (χ4v) is 5.13. The minimum absolute atomic E-state index is 0.106. The lowest BCUT2D eigenvalue weighted by Crippen LogP contribution is -2.41. The highest BCUT2D eigenvalue weighted by molar-refractivity contribution is 7.89. The molecule has 3 rings (SSSR count). The van der Waals surface area contributed by atoms with Gasteiger partial charge in [0.25, 0.3) is 0 Å². The Kier molecular flexibility index (Phi) is 6.90. The molecule has 1 aliphatic rings. The number of piperidine rings is 1. The third-order valence-corrected chi connectivity index (χ3v) is 7.57. The van der Waals surface area contributed by atoms with Crippen LogP contribution in [0.3, 0.4) is 0 Å². The summed E-state index contributed by atoms with van der Waals surface area (Å²) in [6.07, 6.45) is 0.631. The number of hydrogen-bond donors (Lipinski definition) is 1. The second-order valence-electron chi connectivity index (χ2n) is 8.91. The number of benzene rings is 2. The topological polar surface area (TPSA) is 75.7 Å². The summed E-state index contributed by atoms with van der Waals surface area (Å²) in [5.41, 5.74) is 1.51. The summed E-state index contributed by atoms with van der Waals surface area (Å²) in [4.78, 5) is 12.6. The highest BCUT2D eigenvalue weighted by atomic mass is 32.2. The first kappa shape index (κ1) is 24.1. The van der Waals surface area contributed by atoms with Crippen LogP contribution in [0.1, 0.15) is 39.2 Å². The average molecular weight is 467 g/mol. The minimum atomic E-state index is -3.97. The number of methoxy groups -OCH3 is 1. The fraction of sp³-hybridized carbons (Fsp3) is 0.435. The van der Waals surface area contributed by atoms with Crippen molar-refractivity contribution >= 4 is 21.6 Å². The molecule has 1 N–H and O–H groups in total. The van der Waals surface area contributed by atoms with Gasteiger partial charge in [-0.1, -0.05) is 26.8 Å². The zero-order chi connectivity index (χ0) is 23.7. The zero-order valence-electron chi connectivity index (χ0n) is 18.6. The van der Waals surface area contributed by atoms with E-state index in [1.54, 1.807) is 0 Å². The number of carbonyl (C=O) groups is 1. The molecule has 1 aliphatic heterocycles. The first-order valence-electron chi connectivity index (χ1n) is 10.4. The van der Waals surface area contributed by atoms with Gasteiger partial charge in [0.2, 0.25) is 15.9 Å². The molecule has 6 nitrogen and oxygen atoms in total. The van der Waals surface area contributed by atoms with Gasteiger partial charge in [-0.2, -0.15) is 4.31 Å². The SMILES string of the molecule is COc1ccc(C(C)(C)C)cc1NC(=O)C1CCN(S(=O)(=O)c2ccc(F)c(F)c2)CC1. The summed E-state index contributed by atoms with van der Waals surface area (Å²) in [6, 6.07) is 8.17. The van der Waals surface area contributed by atoms with Crippen LogP contribution in [0.5, 0.6) is 5.75 Å². The molecule has 0 spiro atoms. The van der Waals surface area contributed by atoms with Gasteiger partial charge < -0.3 is 10.1 Å². The van der Waals surface area contributed by atoms with Crippen molar-refractivity contribution in [2.75, 3.05) is 25.5 Å². The predicted octanol–water partition coefficient (Wildman–Crippen LogP) is 4.31. The van der Waals surface area contributed by atoms with Crippen LogP contribution in [0.4, 0.5) is 14.5 Å². The van der Waals surface area contributed by atoms with Crippen molar-refractivity contribution < 1.29 is 26.7 Å². The van der Waals surface area contributed by atoms with Gasteiger partial charge in [0.15, 0.2) is 11.6 Å². The molecule has 2 aromatic rings.